The third-order valence-corrected chi connectivity index (χ3v) is 6.17. The zero-order chi connectivity index (χ0) is 17.1. The zero-order valence-electron chi connectivity index (χ0n) is 14.8. The Morgan fingerprint density at radius 3 is 1.38 bits per heavy atom. The van der Waals surface area contributed by atoms with Crippen molar-refractivity contribution < 1.29 is 0 Å². The molecule has 0 spiro atoms. The summed E-state index contributed by atoms with van der Waals surface area (Å²) in [5.74, 6) is 0. The molecular formula is C26H20. The van der Waals surface area contributed by atoms with E-state index in [0.717, 1.165) is 25.7 Å². The number of benzene rings is 4. The van der Waals surface area contributed by atoms with Crippen molar-refractivity contribution in [2.24, 2.45) is 0 Å². The van der Waals surface area contributed by atoms with Gasteiger partial charge in [0, 0.05) is 0 Å². The third-order valence-electron chi connectivity index (χ3n) is 6.17. The van der Waals surface area contributed by atoms with Gasteiger partial charge in [-0.3, -0.25) is 0 Å². The van der Waals surface area contributed by atoms with E-state index in [0.29, 0.717) is 0 Å². The van der Waals surface area contributed by atoms with Crippen LogP contribution in [0.2, 0.25) is 0 Å². The van der Waals surface area contributed by atoms with Crippen LogP contribution >= 0.6 is 0 Å². The molecule has 2 aliphatic rings. The maximum atomic E-state index is 2.37. The summed E-state index contributed by atoms with van der Waals surface area (Å²) in [4.78, 5) is 0. The number of rotatable bonds is 0. The van der Waals surface area contributed by atoms with Gasteiger partial charge in [0.1, 0.15) is 0 Å². The summed E-state index contributed by atoms with van der Waals surface area (Å²) in [6, 6.07) is 18.1. The quantitative estimate of drug-likeness (QED) is 0.302. The second-order valence-electron chi connectivity index (χ2n) is 7.51. The molecule has 0 fully saturated rings. The van der Waals surface area contributed by atoms with Gasteiger partial charge in [-0.05, 0) is 80.3 Å². The number of hydrogen-bond acceptors (Lipinski definition) is 0. The first kappa shape index (κ1) is 14.3. The van der Waals surface area contributed by atoms with Crippen molar-refractivity contribution in [3.63, 3.8) is 0 Å². The molecule has 0 saturated heterocycles. The fourth-order valence-electron chi connectivity index (χ4n) is 5.11. The number of allylic oxidation sites excluding steroid dienone is 2. The Morgan fingerprint density at radius 2 is 0.923 bits per heavy atom. The maximum absolute atomic E-state index is 2.37. The van der Waals surface area contributed by atoms with Crippen LogP contribution in [0.1, 0.15) is 35.1 Å². The van der Waals surface area contributed by atoms with Gasteiger partial charge in [-0.1, -0.05) is 72.8 Å². The molecule has 4 aromatic carbocycles. The lowest BCUT2D eigenvalue weighted by atomic mass is 9.80. The standard InChI is InChI=1S/C26H20/c1-5-13-21-17(9-1)18-10-2-6-14-22(18)26-24-16-8-4-12-20(24)19-11-3-7-15-23(19)25(21)26/h1,4-9,12-16H,2-3,10-11H2. The Kier molecular flexibility index (Phi) is 2.93. The van der Waals surface area contributed by atoms with E-state index >= 15 is 0 Å². The molecule has 0 amide bonds. The van der Waals surface area contributed by atoms with E-state index in [1.54, 1.807) is 0 Å². The number of hydrogen-bond donors (Lipinski definition) is 0. The molecule has 6 rings (SSSR count). The SMILES string of the molecule is C1=Cc2c(c3ccccc3c3c4c(c5ccccc5c23)CCC=C4)CC1. The van der Waals surface area contributed by atoms with Crippen molar-refractivity contribution in [1.29, 1.82) is 0 Å². The maximum Gasteiger partial charge on any atom is -0.00175 e. The summed E-state index contributed by atoms with van der Waals surface area (Å²) in [7, 11) is 0. The average Bonchev–Trinajstić information content (AvgIpc) is 2.73. The van der Waals surface area contributed by atoms with E-state index in [-0.39, 0.29) is 0 Å². The molecule has 0 saturated carbocycles. The highest BCUT2D eigenvalue weighted by Crippen LogP contribution is 2.44. The predicted molar refractivity (Wildman–Crippen MR) is 114 cm³/mol. The molecule has 0 N–H and O–H groups in total. The molecule has 0 unspecified atom stereocenters. The van der Waals surface area contributed by atoms with Gasteiger partial charge >= 0.3 is 0 Å². The van der Waals surface area contributed by atoms with Gasteiger partial charge in [-0.25, -0.2) is 0 Å². The van der Waals surface area contributed by atoms with E-state index in [1.807, 2.05) is 0 Å². The smallest absolute Gasteiger partial charge is 0.00175 e. The average molecular weight is 332 g/mol. The van der Waals surface area contributed by atoms with Gasteiger partial charge in [0.15, 0.2) is 0 Å². The van der Waals surface area contributed by atoms with Crippen LogP contribution in [-0.4, -0.2) is 0 Å². The molecule has 0 nitrogen and oxygen atoms in total. The Labute approximate surface area is 153 Å². The molecule has 0 atom stereocenters. The van der Waals surface area contributed by atoms with Gasteiger partial charge in [0.2, 0.25) is 0 Å². The van der Waals surface area contributed by atoms with E-state index < -0.39 is 0 Å². The highest BCUT2D eigenvalue weighted by Gasteiger charge is 2.21. The van der Waals surface area contributed by atoms with Gasteiger partial charge in [-0.2, -0.15) is 0 Å². The summed E-state index contributed by atoms with van der Waals surface area (Å²) in [6.45, 7) is 0. The minimum Gasteiger partial charge on any atom is -0.0836 e. The van der Waals surface area contributed by atoms with Crippen LogP contribution in [-0.2, 0) is 12.8 Å². The molecule has 0 radical (unpaired) electrons. The first-order valence-corrected chi connectivity index (χ1v) is 9.67. The molecule has 2 aliphatic carbocycles. The van der Waals surface area contributed by atoms with E-state index in [9.17, 15) is 0 Å². The summed E-state index contributed by atoms with van der Waals surface area (Å²) >= 11 is 0. The fraction of sp³-hybridized carbons (Fsp3) is 0.154. The third kappa shape index (κ3) is 1.79. The minimum absolute atomic E-state index is 1.14. The van der Waals surface area contributed by atoms with Crippen molar-refractivity contribution in [2.75, 3.05) is 0 Å². The molecular weight excluding hydrogens is 312 g/mol. The van der Waals surface area contributed by atoms with Crippen molar-refractivity contribution in [1.82, 2.24) is 0 Å². The first-order chi connectivity index (χ1) is 12.9. The predicted octanol–water partition coefficient (Wildman–Crippen LogP) is 7.07. The Balaban J connectivity index is 2.01. The second-order valence-corrected chi connectivity index (χ2v) is 7.51. The number of fused-ring (bicyclic) bond motifs is 11. The lowest BCUT2D eigenvalue weighted by molar-refractivity contribution is 0.997. The van der Waals surface area contributed by atoms with Crippen molar-refractivity contribution in [3.05, 3.63) is 82.9 Å². The summed E-state index contributed by atoms with van der Waals surface area (Å²) in [5.41, 5.74) is 5.95. The fourth-order valence-corrected chi connectivity index (χ4v) is 5.11. The molecule has 26 heavy (non-hydrogen) atoms. The lowest BCUT2D eigenvalue weighted by Crippen LogP contribution is -2.03. The van der Waals surface area contributed by atoms with Crippen LogP contribution < -0.4 is 0 Å². The van der Waals surface area contributed by atoms with Crippen molar-refractivity contribution in [3.8, 4) is 0 Å². The molecule has 0 heterocycles. The lowest BCUT2D eigenvalue weighted by Gasteiger charge is -2.24. The van der Waals surface area contributed by atoms with E-state index in [1.165, 1.54) is 54.6 Å². The molecule has 0 aliphatic heterocycles. The van der Waals surface area contributed by atoms with Crippen molar-refractivity contribution in [2.45, 2.75) is 25.7 Å². The largest absolute Gasteiger partial charge is 0.0836 e. The van der Waals surface area contributed by atoms with E-state index in [2.05, 4.69) is 72.8 Å². The van der Waals surface area contributed by atoms with Gasteiger partial charge in [-0.15, -0.1) is 0 Å². The van der Waals surface area contributed by atoms with Crippen LogP contribution in [0.15, 0.2) is 60.7 Å². The zero-order valence-corrected chi connectivity index (χ0v) is 14.8. The Bertz CT molecular complexity index is 1170. The monoisotopic (exact) mass is 332 g/mol. The van der Waals surface area contributed by atoms with Gasteiger partial charge < -0.3 is 0 Å². The molecule has 4 aromatic rings. The summed E-state index contributed by atoms with van der Waals surface area (Å²) in [6.07, 6.45) is 14.0. The summed E-state index contributed by atoms with van der Waals surface area (Å²) < 4.78 is 0. The second kappa shape index (κ2) is 5.32. The highest BCUT2D eigenvalue weighted by molar-refractivity contribution is 6.25. The van der Waals surface area contributed by atoms with Crippen LogP contribution in [0.25, 0.3) is 44.5 Å². The molecule has 124 valence electrons. The van der Waals surface area contributed by atoms with Crippen LogP contribution in [0.3, 0.4) is 0 Å². The van der Waals surface area contributed by atoms with Crippen LogP contribution in [0.5, 0.6) is 0 Å². The van der Waals surface area contributed by atoms with Gasteiger partial charge in [0.05, 0.1) is 0 Å². The first-order valence-electron chi connectivity index (χ1n) is 9.67. The van der Waals surface area contributed by atoms with Gasteiger partial charge in [0.25, 0.3) is 0 Å². The summed E-state index contributed by atoms with van der Waals surface area (Å²) in [5, 5.41) is 8.63. The Hall–Kier alpha value is -2.86. The van der Waals surface area contributed by atoms with Crippen molar-refractivity contribution >= 4 is 44.5 Å². The normalized spacial score (nSPS) is 15.5. The van der Waals surface area contributed by atoms with Crippen LogP contribution in [0, 0.1) is 0 Å². The molecule has 0 heteroatoms. The minimum atomic E-state index is 1.14. The van der Waals surface area contributed by atoms with Crippen LogP contribution in [0.4, 0.5) is 0 Å². The highest BCUT2D eigenvalue weighted by atomic mass is 14.2. The number of aryl methyl sites for hydroxylation is 2. The Morgan fingerprint density at radius 1 is 0.500 bits per heavy atom. The van der Waals surface area contributed by atoms with E-state index in [4.69, 9.17) is 0 Å². The molecule has 0 bridgehead atoms. The molecule has 0 aromatic heterocycles. The topological polar surface area (TPSA) is 0 Å².